The Bertz CT molecular complexity index is 1120. The number of aromatic nitrogens is 2. The van der Waals surface area contributed by atoms with Gasteiger partial charge in [-0.2, -0.15) is 0 Å². The van der Waals surface area contributed by atoms with Crippen molar-refractivity contribution >= 4 is 39.0 Å². The normalized spacial score (nSPS) is 17.7. The smallest absolute Gasteiger partial charge is 0.261 e. The van der Waals surface area contributed by atoms with E-state index in [0.717, 1.165) is 52.4 Å². The van der Waals surface area contributed by atoms with Gasteiger partial charge in [-0.25, -0.2) is 14.4 Å². The first kappa shape index (κ1) is 21.1. The van der Waals surface area contributed by atoms with E-state index in [1.54, 1.807) is 12.4 Å². The van der Waals surface area contributed by atoms with Crippen molar-refractivity contribution in [3.05, 3.63) is 46.9 Å². The fourth-order valence-corrected chi connectivity index (χ4v) is 5.92. The molecule has 0 atom stereocenters. The molecule has 0 radical (unpaired) electrons. The molecule has 6 nitrogen and oxygen atoms in total. The summed E-state index contributed by atoms with van der Waals surface area (Å²) in [5, 5.41) is 4.20. The zero-order valence-electron chi connectivity index (χ0n) is 18.3. The fourth-order valence-electron chi connectivity index (χ4n) is 4.87. The van der Waals surface area contributed by atoms with Crippen LogP contribution in [0.15, 0.2) is 30.6 Å². The van der Waals surface area contributed by atoms with Gasteiger partial charge in [0.2, 0.25) is 0 Å². The van der Waals surface area contributed by atoms with Crippen molar-refractivity contribution in [3.8, 4) is 0 Å². The van der Waals surface area contributed by atoms with Gasteiger partial charge in [-0.1, -0.05) is 31.4 Å². The Balaban J connectivity index is 1.36. The highest BCUT2D eigenvalue weighted by atomic mass is 32.1. The molecule has 32 heavy (non-hydrogen) atoms. The lowest BCUT2D eigenvalue weighted by Crippen LogP contribution is -2.47. The van der Waals surface area contributed by atoms with Crippen LogP contribution in [0.2, 0.25) is 0 Å². The summed E-state index contributed by atoms with van der Waals surface area (Å²) in [6, 6.07) is 7.19. The predicted molar refractivity (Wildman–Crippen MR) is 127 cm³/mol. The van der Waals surface area contributed by atoms with E-state index < -0.39 is 0 Å². The number of nitrogens with one attached hydrogen (secondary N) is 1. The molecule has 1 aromatic carbocycles. The van der Waals surface area contributed by atoms with Gasteiger partial charge in [-0.3, -0.25) is 4.79 Å². The molecule has 2 fully saturated rings. The Kier molecular flexibility index (Phi) is 5.95. The van der Waals surface area contributed by atoms with E-state index in [0.29, 0.717) is 18.8 Å². The maximum Gasteiger partial charge on any atom is 0.261 e. The molecule has 8 heteroatoms. The Morgan fingerprint density at radius 1 is 1.06 bits per heavy atom. The monoisotopic (exact) mass is 453 g/mol. The number of nitrogens with zero attached hydrogens (tertiary/aromatic N) is 4. The lowest BCUT2D eigenvalue weighted by atomic mass is 9.95. The highest BCUT2D eigenvalue weighted by molar-refractivity contribution is 7.20. The molecular weight excluding hydrogens is 425 g/mol. The molecule has 0 bridgehead atoms. The van der Waals surface area contributed by atoms with Gasteiger partial charge in [0.25, 0.3) is 5.91 Å². The van der Waals surface area contributed by atoms with Crippen molar-refractivity contribution < 1.29 is 9.18 Å². The average Bonchev–Trinajstić information content (AvgIpc) is 3.17. The van der Waals surface area contributed by atoms with Crippen molar-refractivity contribution in [2.45, 2.75) is 45.1 Å². The van der Waals surface area contributed by atoms with Gasteiger partial charge >= 0.3 is 0 Å². The first-order valence-electron chi connectivity index (χ1n) is 11.4. The SMILES string of the molecule is Cc1c(C(=O)NC2CCCCC2)sc2ncnc(N3CCN(c4ccccc4F)CC3)c12. The summed E-state index contributed by atoms with van der Waals surface area (Å²) in [7, 11) is 0. The van der Waals surface area contributed by atoms with Crippen LogP contribution < -0.4 is 15.1 Å². The van der Waals surface area contributed by atoms with Crippen LogP contribution in [-0.2, 0) is 0 Å². The summed E-state index contributed by atoms with van der Waals surface area (Å²) >= 11 is 1.45. The van der Waals surface area contributed by atoms with E-state index in [9.17, 15) is 9.18 Å². The average molecular weight is 454 g/mol. The number of hydrogen-bond acceptors (Lipinski definition) is 6. The third-order valence-corrected chi connectivity index (χ3v) is 7.82. The summed E-state index contributed by atoms with van der Waals surface area (Å²) in [6.07, 6.45) is 7.34. The van der Waals surface area contributed by atoms with Gasteiger partial charge in [0.1, 0.15) is 22.8 Å². The Labute approximate surface area is 191 Å². The number of halogens is 1. The van der Waals surface area contributed by atoms with Gasteiger partial charge < -0.3 is 15.1 Å². The number of benzene rings is 1. The number of carbonyl (C=O) groups is 1. The zero-order valence-corrected chi connectivity index (χ0v) is 19.1. The van der Waals surface area contributed by atoms with Crippen molar-refractivity contribution in [2.24, 2.45) is 0 Å². The largest absolute Gasteiger partial charge is 0.366 e. The highest BCUT2D eigenvalue weighted by Gasteiger charge is 2.26. The van der Waals surface area contributed by atoms with Gasteiger partial charge in [0, 0.05) is 32.2 Å². The summed E-state index contributed by atoms with van der Waals surface area (Å²) in [5.41, 5.74) is 1.60. The molecule has 1 N–H and O–H groups in total. The van der Waals surface area contributed by atoms with Gasteiger partial charge in [-0.15, -0.1) is 11.3 Å². The molecule has 2 aromatic heterocycles. The van der Waals surface area contributed by atoms with E-state index in [1.165, 1.54) is 36.7 Å². The summed E-state index contributed by atoms with van der Waals surface area (Å²) < 4.78 is 14.2. The van der Waals surface area contributed by atoms with E-state index in [-0.39, 0.29) is 17.8 Å². The molecule has 1 aliphatic heterocycles. The summed E-state index contributed by atoms with van der Waals surface area (Å²) in [4.78, 5) is 28.0. The Hall–Kier alpha value is -2.74. The molecule has 168 valence electrons. The van der Waals surface area contributed by atoms with Crippen LogP contribution in [0, 0.1) is 12.7 Å². The third-order valence-electron chi connectivity index (χ3n) is 6.63. The Morgan fingerprint density at radius 3 is 2.53 bits per heavy atom. The number of piperazine rings is 1. The lowest BCUT2D eigenvalue weighted by Gasteiger charge is -2.37. The number of carbonyl (C=O) groups excluding carboxylic acids is 1. The van der Waals surface area contributed by atoms with Crippen molar-refractivity contribution in [1.29, 1.82) is 0 Å². The molecule has 3 heterocycles. The summed E-state index contributed by atoms with van der Waals surface area (Å²) in [5.74, 6) is 0.689. The molecule has 3 aromatic rings. The number of fused-ring (bicyclic) bond motifs is 1. The highest BCUT2D eigenvalue weighted by Crippen LogP contribution is 2.35. The number of aryl methyl sites for hydroxylation is 1. The van der Waals surface area contributed by atoms with Gasteiger partial charge in [-0.05, 0) is 37.5 Å². The second-order valence-corrected chi connectivity index (χ2v) is 9.67. The standard InChI is InChI=1S/C24H28FN5OS/c1-16-20-22(30-13-11-29(12-14-30)19-10-6-5-9-18(19)25)26-15-27-24(20)32-21(16)23(31)28-17-7-3-2-4-8-17/h5-6,9-10,15,17H,2-4,7-8,11-14H2,1H3,(H,28,31). The van der Waals surface area contributed by atoms with Crippen LogP contribution >= 0.6 is 11.3 Å². The predicted octanol–water partition coefficient (Wildman–Crippen LogP) is 4.53. The van der Waals surface area contributed by atoms with Crippen LogP contribution in [0.25, 0.3) is 10.2 Å². The molecule has 1 saturated heterocycles. The maximum atomic E-state index is 14.2. The number of rotatable bonds is 4. The van der Waals surface area contributed by atoms with Gasteiger partial charge in [0.05, 0.1) is 16.0 Å². The van der Waals surface area contributed by atoms with Crippen LogP contribution in [-0.4, -0.2) is 48.1 Å². The van der Waals surface area contributed by atoms with Crippen LogP contribution in [0.3, 0.4) is 0 Å². The number of hydrogen-bond donors (Lipinski definition) is 1. The Morgan fingerprint density at radius 2 is 1.78 bits per heavy atom. The molecule has 2 aliphatic rings. The zero-order chi connectivity index (χ0) is 22.1. The van der Waals surface area contributed by atoms with Crippen molar-refractivity contribution in [2.75, 3.05) is 36.0 Å². The molecule has 1 aliphatic carbocycles. The molecule has 1 saturated carbocycles. The molecular formula is C24H28FN5OS. The summed E-state index contributed by atoms with van der Waals surface area (Å²) in [6.45, 7) is 4.89. The van der Waals surface area contributed by atoms with Crippen molar-refractivity contribution in [3.63, 3.8) is 0 Å². The lowest BCUT2D eigenvalue weighted by molar-refractivity contribution is 0.0931. The van der Waals surface area contributed by atoms with E-state index >= 15 is 0 Å². The minimum Gasteiger partial charge on any atom is -0.366 e. The first-order valence-corrected chi connectivity index (χ1v) is 12.2. The minimum atomic E-state index is -0.187. The molecule has 1 amide bonds. The van der Waals surface area contributed by atoms with Crippen LogP contribution in [0.1, 0.15) is 47.3 Å². The fraction of sp³-hybridized carbons (Fsp3) is 0.458. The van der Waals surface area contributed by atoms with E-state index in [2.05, 4.69) is 25.1 Å². The number of anilines is 2. The third kappa shape index (κ3) is 4.03. The number of amides is 1. The molecule has 0 unspecified atom stereocenters. The molecule has 5 rings (SSSR count). The molecule has 0 spiro atoms. The van der Waals surface area contributed by atoms with Crippen LogP contribution in [0.5, 0.6) is 0 Å². The topological polar surface area (TPSA) is 61.4 Å². The van der Waals surface area contributed by atoms with Crippen molar-refractivity contribution in [1.82, 2.24) is 15.3 Å². The number of thiophene rings is 1. The van der Waals surface area contributed by atoms with Crippen LogP contribution in [0.4, 0.5) is 15.9 Å². The maximum absolute atomic E-state index is 14.2. The van der Waals surface area contributed by atoms with E-state index in [1.807, 2.05) is 19.1 Å². The first-order chi connectivity index (χ1) is 15.6. The second kappa shape index (κ2) is 9.02. The number of para-hydroxylation sites is 1. The van der Waals surface area contributed by atoms with Gasteiger partial charge in [0.15, 0.2) is 0 Å². The van der Waals surface area contributed by atoms with E-state index in [4.69, 9.17) is 0 Å². The second-order valence-electron chi connectivity index (χ2n) is 8.67. The minimum absolute atomic E-state index is 0.00715. The quantitative estimate of drug-likeness (QED) is 0.629.